The van der Waals surface area contributed by atoms with Gasteiger partial charge in [0.25, 0.3) is 0 Å². The van der Waals surface area contributed by atoms with E-state index >= 15 is 0 Å². The molecule has 3 rings (SSSR count). The molecule has 5 heteroatoms. The Bertz CT molecular complexity index is 696. The summed E-state index contributed by atoms with van der Waals surface area (Å²) in [7, 11) is 0. The van der Waals surface area contributed by atoms with Crippen LogP contribution in [0.3, 0.4) is 0 Å². The third-order valence-corrected chi connectivity index (χ3v) is 3.05. The maximum Gasteiger partial charge on any atom is 0.213 e. The first-order chi connectivity index (χ1) is 9.24. The number of hydrogen-bond donors (Lipinski definition) is 1. The van der Waals surface area contributed by atoms with Crippen LogP contribution in [-0.4, -0.2) is 15.2 Å². The number of anilines is 1. The van der Waals surface area contributed by atoms with Crippen LogP contribution in [0.15, 0.2) is 34.9 Å². The van der Waals surface area contributed by atoms with Gasteiger partial charge in [0.2, 0.25) is 5.89 Å². The number of benzene rings is 1. The van der Waals surface area contributed by atoms with Gasteiger partial charge < -0.3 is 9.73 Å². The summed E-state index contributed by atoms with van der Waals surface area (Å²) in [4.78, 5) is 4.34. The summed E-state index contributed by atoms with van der Waals surface area (Å²) in [5.41, 5.74) is 2.72. The number of fused-ring (bicyclic) bond motifs is 1. The Morgan fingerprint density at radius 3 is 2.84 bits per heavy atom. The summed E-state index contributed by atoms with van der Waals surface area (Å²) in [5.74, 6) is 1.53. The van der Waals surface area contributed by atoms with E-state index in [4.69, 9.17) is 4.42 Å². The van der Waals surface area contributed by atoms with Gasteiger partial charge in [-0.1, -0.05) is 18.2 Å². The summed E-state index contributed by atoms with van der Waals surface area (Å²) >= 11 is 0. The lowest BCUT2D eigenvalue weighted by Gasteiger charge is -2.06. The second kappa shape index (κ2) is 4.68. The lowest BCUT2D eigenvalue weighted by molar-refractivity contribution is 0.478. The minimum atomic E-state index is 0.532. The fraction of sp³-hybridized carbons (Fsp3) is 0.214. The molecule has 1 N–H and O–H groups in total. The van der Waals surface area contributed by atoms with E-state index < -0.39 is 0 Å². The molecule has 96 valence electrons. The molecular formula is C14H14N4O. The molecule has 0 bridgehead atoms. The first kappa shape index (κ1) is 11.6. The van der Waals surface area contributed by atoms with Crippen molar-refractivity contribution in [3.05, 3.63) is 47.8 Å². The predicted molar refractivity (Wildman–Crippen MR) is 72.8 cm³/mol. The molecule has 0 aliphatic rings. The van der Waals surface area contributed by atoms with Crippen LogP contribution < -0.4 is 5.32 Å². The zero-order chi connectivity index (χ0) is 13.2. The standard InChI is InChI=1S/C14H14N4O/c1-9-10(2)19-14(17-9)8-15-13-7-16-18-12-6-4-3-5-11(12)13/h3-7H,8H2,1-2H3,(H,15,18). The van der Waals surface area contributed by atoms with Crippen LogP contribution in [0.1, 0.15) is 17.3 Å². The molecule has 2 heterocycles. The monoisotopic (exact) mass is 254 g/mol. The molecule has 0 unspecified atom stereocenters. The van der Waals surface area contributed by atoms with Crippen LogP contribution in [0, 0.1) is 13.8 Å². The Morgan fingerprint density at radius 2 is 2.05 bits per heavy atom. The van der Waals surface area contributed by atoms with Gasteiger partial charge in [-0.05, 0) is 19.9 Å². The van der Waals surface area contributed by atoms with Gasteiger partial charge in [-0.25, -0.2) is 4.98 Å². The zero-order valence-corrected chi connectivity index (χ0v) is 10.8. The van der Waals surface area contributed by atoms with Crippen molar-refractivity contribution < 1.29 is 4.42 Å². The minimum Gasteiger partial charge on any atom is -0.444 e. The van der Waals surface area contributed by atoms with Gasteiger partial charge in [-0.15, -0.1) is 0 Å². The third-order valence-electron chi connectivity index (χ3n) is 3.05. The molecule has 0 saturated carbocycles. The van der Waals surface area contributed by atoms with Crippen molar-refractivity contribution in [1.29, 1.82) is 0 Å². The summed E-state index contributed by atoms with van der Waals surface area (Å²) in [5, 5.41) is 12.4. The molecule has 0 atom stereocenters. The molecule has 2 aromatic heterocycles. The van der Waals surface area contributed by atoms with Crippen LogP contribution in [0.25, 0.3) is 10.9 Å². The van der Waals surface area contributed by atoms with Crippen molar-refractivity contribution in [3.63, 3.8) is 0 Å². The van der Waals surface area contributed by atoms with Crippen molar-refractivity contribution in [3.8, 4) is 0 Å². The van der Waals surface area contributed by atoms with Crippen LogP contribution in [0.2, 0.25) is 0 Å². The van der Waals surface area contributed by atoms with Gasteiger partial charge in [0, 0.05) is 5.39 Å². The smallest absolute Gasteiger partial charge is 0.213 e. The quantitative estimate of drug-likeness (QED) is 0.778. The second-order valence-electron chi connectivity index (χ2n) is 4.38. The molecule has 0 aliphatic heterocycles. The molecule has 5 nitrogen and oxygen atoms in total. The lowest BCUT2D eigenvalue weighted by Crippen LogP contribution is -2.01. The van der Waals surface area contributed by atoms with E-state index in [0.717, 1.165) is 28.0 Å². The number of nitrogens with one attached hydrogen (secondary N) is 1. The third kappa shape index (κ3) is 2.27. The molecule has 0 saturated heterocycles. The van der Waals surface area contributed by atoms with E-state index in [1.54, 1.807) is 6.20 Å². The molecule has 19 heavy (non-hydrogen) atoms. The number of rotatable bonds is 3. The fourth-order valence-electron chi connectivity index (χ4n) is 1.93. The number of nitrogens with zero attached hydrogens (tertiary/aromatic N) is 3. The van der Waals surface area contributed by atoms with E-state index in [9.17, 15) is 0 Å². The van der Waals surface area contributed by atoms with Gasteiger partial charge >= 0.3 is 0 Å². The van der Waals surface area contributed by atoms with E-state index in [-0.39, 0.29) is 0 Å². The molecule has 0 aliphatic carbocycles. The Labute approximate surface area is 110 Å². The first-order valence-electron chi connectivity index (χ1n) is 6.11. The minimum absolute atomic E-state index is 0.532. The van der Waals surface area contributed by atoms with Crippen molar-refractivity contribution in [2.45, 2.75) is 20.4 Å². The maximum atomic E-state index is 5.54. The van der Waals surface area contributed by atoms with Crippen molar-refractivity contribution in [2.24, 2.45) is 0 Å². The van der Waals surface area contributed by atoms with E-state index in [2.05, 4.69) is 20.5 Å². The summed E-state index contributed by atoms with van der Waals surface area (Å²) in [6.45, 7) is 4.38. The Kier molecular flexibility index (Phi) is 2.87. The predicted octanol–water partition coefficient (Wildman–Crippen LogP) is 2.85. The van der Waals surface area contributed by atoms with Gasteiger partial charge in [0.1, 0.15) is 5.76 Å². The molecule has 0 radical (unpaired) electrons. The van der Waals surface area contributed by atoms with Crippen LogP contribution in [0.4, 0.5) is 5.69 Å². The van der Waals surface area contributed by atoms with Crippen LogP contribution in [0.5, 0.6) is 0 Å². The second-order valence-corrected chi connectivity index (χ2v) is 4.38. The average molecular weight is 254 g/mol. The number of aromatic nitrogens is 3. The van der Waals surface area contributed by atoms with Gasteiger partial charge in [-0.3, -0.25) is 0 Å². The molecule has 3 aromatic rings. The summed E-state index contributed by atoms with van der Waals surface area (Å²) < 4.78 is 5.54. The number of hydrogen-bond acceptors (Lipinski definition) is 5. The molecule has 0 amide bonds. The highest BCUT2D eigenvalue weighted by atomic mass is 16.4. The highest BCUT2D eigenvalue weighted by Gasteiger charge is 2.07. The normalized spacial score (nSPS) is 10.8. The van der Waals surface area contributed by atoms with Gasteiger partial charge in [-0.2, -0.15) is 10.2 Å². The number of aryl methyl sites for hydroxylation is 2. The molecule has 0 fully saturated rings. The first-order valence-corrected chi connectivity index (χ1v) is 6.11. The van der Waals surface area contributed by atoms with Gasteiger partial charge in [0.15, 0.2) is 0 Å². The lowest BCUT2D eigenvalue weighted by atomic mass is 10.2. The van der Waals surface area contributed by atoms with Crippen molar-refractivity contribution in [1.82, 2.24) is 15.2 Å². The highest BCUT2D eigenvalue weighted by molar-refractivity contribution is 5.90. The molecule has 1 aromatic carbocycles. The zero-order valence-electron chi connectivity index (χ0n) is 10.8. The van der Waals surface area contributed by atoms with Crippen LogP contribution in [-0.2, 0) is 6.54 Å². The molecular weight excluding hydrogens is 240 g/mol. The van der Waals surface area contributed by atoms with E-state index in [1.165, 1.54) is 0 Å². The summed E-state index contributed by atoms with van der Waals surface area (Å²) in [6.07, 6.45) is 1.71. The summed E-state index contributed by atoms with van der Waals surface area (Å²) in [6, 6.07) is 7.88. The largest absolute Gasteiger partial charge is 0.444 e. The Hall–Kier alpha value is -2.43. The SMILES string of the molecule is Cc1nc(CNc2cnnc3ccccc23)oc1C. The van der Waals surface area contributed by atoms with Crippen LogP contribution >= 0.6 is 0 Å². The van der Waals surface area contributed by atoms with Crippen molar-refractivity contribution in [2.75, 3.05) is 5.32 Å². The maximum absolute atomic E-state index is 5.54. The highest BCUT2D eigenvalue weighted by Crippen LogP contribution is 2.20. The molecule has 0 spiro atoms. The van der Waals surface area contributed by atoms with Crippen molar-refractivity contribution >= 4 is 16.6 Å². The Balaban J connectivity index is 1.85. The topological polar surface area (TPSA) is 63.8 Å². The average Bonchev–Trinajstić information content (AvgIpc) is 2.75. The number of oxazole rings is 1. The Morgan fingerprint density at radius 1 is 1.21 bits per heavy atom. The fourth-order valence-corrected chi connectivity index (χ4v) is 1.93. The van der Waals surface area contributed by atoms with E-state index in [0.29, 0.717) is 12.4 Å². The van der Waals surface area contributed by atoms with Gasteiger partial charge in [0.05, 0.1) is 29.6 Å². The van der Waals surface area contributed by atoms with E-state index in [1.807, 2.05) is 38.1 Å².